The van der Waals surface area contributed by atoms with Crippen LogP contribution in [-0.2, 0) is 6.42 Å². The number of hydrogen-bond acceptors (Lipinski definition) is 0. The maximum Gasteiger partial charge on any atom is 0.0541 e. The van der Waals surface area contributed by atoms with E-state index in [1.165, 1.54) is 94.0 Å². The third kappa shape index (κ3) is 5.32. The number of para-hydroxylation sites is 3. The third-order valence-electron chi connectivity index (χ3n) is 11.6. The highest BCUT2D eigenvalue weighted by Crippen LogP contribution is 2.41. The molecule has 6 aromatic carbocycles. The Morgan fingerprint density at radius 2 is 1.26 bits per heavy atom. The van der Waals surface area contributed by atoms with Crippen LogP contribution >= 0.6 is 0 Å². The van der Waals surface area contributed by atoms with E-state index in [1.807, 2.05) is 0 Å². The van der Waals surface area contributed by atoms with E-state index in [1.54, 1.807) is 0 Å². The predicted molar refractivity (Wildman–Crippen MR) is 232 cm³/mol. The fraction of sp³-hybridized carbons (Fsp3) is 0.115. The van der Waals surface area contributed by atoms with Crippen LogP contribution in [0.25, 0.3) is 77.3 Å². The highest BCUT2D eigenvalue weighted by molar-refractivity contribution is 6.12. The number of aryl methyl sites for hydroxylation is 1. The van der Waals surface area contributed by atoms with Crippen molar-refractivity contribution in [3.63, 3.8) is 0 Å². The van der Waals surface area contributed by atoms with Crippen LogP contribution < -0.4 is 0 Å². The first-order valence-corrected chi connectivity index (χ1v) is 19.3. The minimum Gasteiger partial charge on any atom is -0.313 e. The van der Waals surface area contributed by atoms with Gasteiger partial charge in [0.05, 0.1) is 22.1 Å². The Morgan fingerprint density at radius 3 is 2.02 bits per heavy atom. The molecule has 10 rings (SSSR count). The quantitative estimate of drug-likeness (QED) is 0.174. The van der Waals surface area contributed by atoms with Crippen LogP contribution in [0.5, 0.6) is 0 Å². The molecule has 2 aromatic heterocycles. The summed E-state index contributed by atoms with van der Waals surface area (Å²) in [5.41, 5.74) is 16.4. The van der Waals surface area contributed by atoms with Crippen LogP contribution in [-0.4, -0.2) is 9.13 Å². The van der Waals surface area contributed by atoms with Gasteiger partial charge < -0.3 is 9.13 Å². The van der Waals surface area contributed by atoms with E-state index in [2.05, 4.69) is 186 Å². The molecule has 0 spiro atoms. The second-order valence-electron chi connectivity index (χ2n) is 14.8. The zero-order chi connectivity index (χ0) is 36.2. The normalized spacial score (nSPS) is 17.8. The van der Waals surface area contributed by atoms with Crippen molar-refractivity contribution in [2.24, 2.45) is 5.92 Å². The number of rotatable bonds is 4. The number of hydrogen-bond donors (Lipinski definition) is 0. The lowest BCUT2D eigenvalue weighted by Crippen LogP contribution is -2.03. The van der Waals surface area contributed by atoms with Crippen molar-refractivity contribution in [1.29, 1.82) is 0 Å². The van der Waals surface area contributed by atoms with Gasteiger partial charge in [-0.05, 0) is 125 Å². The molecule has 0 saturated carbocycles. The molecule has 2 aliphatic carbocycles. The summed E-state index contributed by atoms with van der Waals surface area (Å²) in [6.07, 6.45) is 17.9. The Balaban J connectivity index is 1.04. The summed E-state index contributed by atoms with van der Waals surface area (Å²) < 4.78 is 4.85. The molecule has 8 aromatic rings. The number of fused-ring (bicyclic) bond motifs is 7. The molecule has 2 aliphatic rings. The van der Waals surface area contributed by atoms with Gasteiger partial charge >= 0.3 is 0 Å². The maximum atomic E-state index is 4.79. The van der Waals surface area contributed by atoms with Gasteiger partial charge in [0.1, 0.15) is 0 Å². The van der Waals surface area contributed by atoms with E-state index in [0.717, 1.165) is 25.7 Å². The Hall–Kier alpha value is -6.38. The van der Waals surface area contributed by atoms with Crippen molar-refractivity contribution in [2.45, 2.75) is 32.6 Å². The molecule has 260 valence electrons. The monoisotopic (exact) mass is 694 g/mol. The van der Waals surface area contributed by atoms with Crippen LogP contribution in [0.15, 0.2) is 176 Å². The molecule has 2 heterocycles. The molecule has 0 fully saturated rings. The molecular formula is C52H42N2. The fourth-order valence-electron chi connectivity index (χ4n) is 8.92. The predicted octanol–water partition coefficient (Wildman–Crippen LogP) is 14.0. The molecule has 2 nitrogen and oxygen atoms in total. The summed E-state index contributed by atoms with van der Waals surface area (Å²) in [7, 11) is 0. The van der Waals surface area contributed by atoms with Crippen LogP contribution in [0, 0.1) is 5.92 Å². The minimum atomic E-state index is 0.159. The highest BCUT2D eigenvalue weighted by Gasteiger charge is 2.20. The van der Waals surface area contributed by atoms with Gasteiger partial charge in [-0.3, -0.25) is 0 Å². The Bertz CT molecular complexity index is 2900. The molecular weight excluding hydrogens is 653 g/mol. The largest absolute Gasteiger partial charge is 0.313 e. The summed E-state index contributed by atoms with van der Waals surface area (Å²) in [5.74, 6) is 0.159. The summed E-state index contributed by atoms with van der Waals surface area (Å²) in [6, 6.07) is 49.2. The van der Waals surface area contributed by atoms with Crippen molar-refractivity contribution in [3.8, 4) is 16.8 Å². The first-order valence-electron chi connectivity index (χ1n) is 19.3. The van der Waals surface area contributed by atoms with E-state index >= 15 is 0 Å². The van der Waals surface area contributed by atoms with Gasteiger partial charge in [-0.15, -0.1) is 0 Å². The van der Waals surface area contributed by atoms with Gasteiger partial charge in [-0.25, -0.2) is 0 Å². The van der Waals surface area contributed by atoms with Gasteiger partial charge in [0.15, 0.2) is 0 Å². The molecule has 1 atom stereocenters. The molecule has 0 amide bonds. The van der Waals surface area contributed by atoms with E-state index in [4.69, 9.17) is 6.58 Å². The SMILES string of the molecule is C=C1c2c(cccc2-c2ccc3c(c2)c2ccccc2n3C2=CC=CCC2)CC/C=C(c2ccc3c(c2)c2ccccc2n3-c2ccccc2)\C=C/C1C. The van der Waals surface area contributed by atoms with Crippen LogP contribution in [0.2, 0.25) is 0 Å². The molecule has 0 bridgehead atoms. The third-order valence-corrected chi connectivity index (χ3v) is 11.6. The Kier molecular flexibility index (Phi) is 7.91. The summed E-state index contributed by atoms with van der Waals surface area (Å²) in [6.45, 7) is 7.08. The molecule has 54 heavy (non-hydrogen) atoms. The van der Waals surface area contributed by atoms with Crippen molar-refractivity contribution >= 4 is 60.5 Å². The van der Waals surface area contributed by atoms with E-state index in [0.29, 0.717) is 0 Å². The summed E-state index contributed by atoms with van der Waals surface area (Å²) in [4.78, 5) is 0. The maximum absolute atomic E-state index is 4.79. The first-order chi connectivity index (χ1) is 26.6. The van der Waals surface area contributed by atoms with Crippen molar-refractivity contribution < 1.29 is 0 Å². The van der Waals surface area contributed by atoms with Crippen molar-refractivity contribution in [1.82, 2.24) is 9.13 Å². The highest BCUT2D eigenvalue weighted by atomic mass is 15.0. The lowest BCUT2D eigenvalue weighted by atomic mass is 9.83. The van der Waals surface area contributed by atoms with E-state index < -0.39 is 0 Å². The number of allylic oxidation sites excluding steroid dienone is 9. The van der Waals surface area contributed by atoms with Gasteiger partial charge in [-0.2, -0.15) is 0 Å². The Morgan fingerprint density at radius 1 is 0.593 bits per heavy atom. The average molecular weight is 695 g/mol. The number of nitrogens with zero attached hydrogens (tertiary/aromatic N) is 2. The Labute approximate surface area is 317 Å². The zero-order valence-corrected chi connectivity index (χ0v) is 30.7. The first kappa shape index (κ1) is 32.3. The molecule has 2 heteroatoms. The molecule has 0 saturated heterocycles. The second-order valence-corrected chi connectivity index (χ2v) is 14.8. The molecule has 0 aliphatic heterocycles. The van der Waals surface area contributed by atoms with Gasteiger partial charge in [0.25, 0.3) is 0 Å². The van der Waals surface area contributed by atoms with Crippen molar-refractivity contribution in [3.05, 3.63) is 193 Å². The van der Waals surface area contributed by atoms with Crippen molar-refractivity contribution in [2.75, 3.05) is 0 Å². The molecule has 0 radical (unpaired) electrons. The minimum absolute atomic E-state index is 0.159. The lowest BCUT2D eigenvalue weighted by Gasteiger charge is -2.21. The van der Waals surface area contributed by atoms with Gasteiger partial charge in [0, 0.05) is 32.9 Å². The van der Waals surface area contributed by atoms with Gasteiger partial charge in [0.2, 0.25) is 0 Å². The number of benzene rings is 6. The van der Waals surface area contributed by atoms with Gasteiger partial charge in [-0.1, -0.05) is 129 Å². The average Bonchev–Trinajstić information content (AvgIpc) is 3.74. The fourth-order valence-corrected chi connectivity index (χ4v) is 8.92. The summed E-state index contributed by atoms with van der Waals surface area (Å²) in [5, 5.41) is 5.15. The zero-order valence-electron chi connectivity index (χ0n) is 30.7. The lowest BCUT2D eigenvalue weighted by molar-refractivity contribution is 0.942. The van der Waals surface area contributed by atoms with E-state index in [-0.39, 0.29) is 5.92 Å². The van der Waals surface area contributed by atoms with E-state index in [9.17, 15) is 0 Å². The topological polar surface area (TPSA) is 9.86 Å². The van der Waals surface area contributed by atoms with Crippen LogP contribution in [0.1, 0.15) is 42.9 Å². The standard InChI is InChI=1S/C52H42N2/c1-35-27-28-37(39-29-31-50-46(33-39)44-22-9-11-25-48(44)53(50)41-18-5-3-6-19-41)15-13-16-38-17-14-24-43(52(38)36(35)2)40-30-32-51-47(34-40)45-23-10-12-26-49(45)54(51)42-20-7-4-8-21-42/h3-7,9-12,14-15,17-20,22-35H,2,8,13,16,21H2,1H3/b28-27-,37-15+. The summed E-state index contributed by atoms with van der Waals surface area (Å²) >= 11 is 0. The number of aromatic nitrogens is 2. The van der Waals surface area contributed by atoms with Crippen LogP contribution in [0.3, 0.4) is 0 Å². The molecule has 1 unspecified atom stereocenters. The second kappa shape index (κ2) is 13.2. The van der Waals surface area contributed by atoms with Crippen LogP contribution in [0.4, 0.5) is 0 Å². The smallest absolute Gasteiger partial charge is 0.0541 e. The molecule has 0 N–H and O–H groups in total.